The summed E-state index contributed by atoms with van der Waals surface area (Å²) in [6, 6.07) is 9.65. The Kier molecular flexibility index (Phi) is 10.5. The Hall–Kier alpha value is -4.14. The number of nitrogens with zero attached hydrogens (tertiary/aromatic N) is 3. The van der Waals surface area contributed by atoms with Gasteiger partial charge < -0.3 is 21.6 Å². The highest BCUT2D eigenvalue weighted by Crippen LogP contribution is 2.37. The van der Waals surface area contributed by atoms with Crippen molar-refractivity contribution < 1.29 is 27.1 Å². The first-order chi connectivity index (χ1) is 20.8. The summed E-state index contributed by atoms with van der Waals surface area (Å²) in [4.78, 5) is 23.7. The number of aromatic amines is 1. The van der Waals surface area contributed by atoms with Crippen molar-refractivity contribution in [3.05, 3.63) is 81.7 Å². The number of aliphatic imine (C=N–C) groups is 1. The SMILES string of the molecule is CC(N)=NCC[C@H](O)NCc1ccc(-n2cc3cc(-c4cc(CCC[C@@H](N)CF)cc(C(F)(F)F)c4F)[nH]c3nc2=O)cc1. The minimum Gasteiger partial charge on any atom is -0.388 e. The van der Waals surface area contributed by atoms with Crippen LogP contribution in [0.15, 0.2) is 58.4 Å². The Bertz CT molecular complexity index is 1660. The average molecular weight is 620 g/mol. The maximum Gasteiger partial charge on any atom is 0.419 e. The topological polar surface area (TPSA) is 147 Å². The molecule has 236 valence electrons. The van der Waals surface area contributed by atoms with E-state index in [0.29, 0.717) is 42.8 Å². The smallest absolute Gasteiger partial charge is 0.388 e. The van der Waals surface area contributed by atoms with Crippen LogP contribution in [0, 0.1) is 5.82 Å². The lowest BCUT2D eigenvalue weighted by Crippen LogP contribution is -2.29. The van der Waals surface area contributed by atoms with Gasteiger partial charge >= 0.3 is 11.9 Å². The number of alkyl halides is 4. The summed E-state index contributed by atoms with van der Waals surface area (Å²) in [6.07, 6.45) is -3.17. The second kappa shape index (κ2) is 14.1. The monoisotopic (exact) mass is 619 g/mol. The predicted molar refractivity (Wildman–Crippen MR) is 159 cm³/mol. The minimum atomic E-state index is -4.95. The number of fused-ring (bicyclic) bond motifs is 1. The zero-order chi connectivity index (χ0) is 32.0. The van der Waals surface area contributed by atoms with Gasteiger partial charge in [0.1, 0.15) is 24.4 Å². The molecule has 2 aromatic carbocycles. The average Bonchev–Trinajstić information content (AvgIpc) is 3.38. The number of H-pyrrole nitrogens is 1. The molecule has 0 aliphatic rings. The summed E-state index contributed by atoms with van der Waals surface area (Å²) in [5.74, 6) is -1.02. The molecule has 2 heterocycles. The molecule has 0 radical (unpaired) electrons. The van der Waals surface area contributed by atoms with E-state index in [1.165, 1.54) is 22.9 Å². The molecule has 0 aliphatic heterocycles. The van der Waals surface area contributed by atoms with Crippen molar-refractivity contribution in [1.29, 1.82) is 0 Å². The molecule has 0 saturated carbocycles. The lowest BCUT2D eigenvalue weighted by molar-refractivity contribution is -0.140. The second-order valence-corrected chi connectivity index (χ2v) is 10.6. The second-order valence-electron chi connectivity index (χ2n) is 10.6. The highest BCUT2D eigenvalue weighted by Gasteiger charge is 2.36. The standard InChI is InChI=1S/C30H34F5N7O2/c1-17(36)38-10-9-26(43)39-15-18-5-7-22(8-6-18)42-16-20-13-25(40-28(20)41-29(42)44)23-11-19(3-2-4-21(37)14-31)12-24(27(23)32)30(33,34)35/h5-8,11-13,16,21,26,39,43H,2-4,9-10,14-15,37H2,1H3,(H2,36,38)(H,40,41,44)/t21-,26+/m1/s1. The van der Waals surface area contributed by atoms with E-state index in [9.17, 15) is 27.5 Å². The van der Waals surface area contributed by atoms with Gasteiger partial charge in [0, 0.05) is 42.7 Å². The summed E-state index contributed by atoms with van der Waals surface area (Å²) in [5.41, 5.74) is 10.3. The normalized spacial score (nSPS) is 13.9. The molecule has 44 heavy (non-hydrogen) atoms. The molecule has 4 rings (SSSR count). The fourth-order valence-corrected chi connectivity index (χ4v) is 4.68. The van der Waals surface area contributed by atoms with Gasteiger partial charge in [-0.05, 0) is 67.6 Å². The number of benzene rings is 2. The molecule has 0 unspecified atom stereocenters. The van der Waals surface area contributed by atoms with Gasteiger partial charge in [-0.2, -0.15) is 18.2 Å². The molecular formula is C30H34F5N7O2. The maximum atomic E-state index is 15.2. The Labute approximate surface area is 249 Å². The van der Waals surface area contributed by atoms with Crippen LogP contribution in [-0.2, 0) is 19.1 Å². The fourth-order valence-electron chi connectivity index (χ4n) is 4.68. The number of amidine groups is 1. The molecule has 0 amide bonds. The van der Waals surface area contributed by atoms with E-state index < -0.39 is 42.2 Å². The number of nitrogens with two attached hydrogens (primary N) is 2. The molecule has 0 saturated heterocycles. The molecule has 4 aromatic rings. The number of nitrogens with one attached hydrogen (secondary N) is 2. The number of hydrogen-bond acceptors (Lipinski definition) is 6. The molecule has 9 nitrogen and oxygen atoms in total. The van der Waals surface area contributed by atoms with E-state index in [1.807, 2.05) is 0 Å². The summed E-state index contributed by atoms with van der Waals surface area (Å²) >= 11 is 0. The fraction of sp³-hybridized carbons (Fsp3) is 0.367. The molecule has 0 spiro atoms. The molecule has 0 fully saturated rings. The summed E-state index contributed by atoms with van der Waals surface area (Å²) < 4.78 is 70.3. The van der Waals surface area contributed by atoms with E-state index in [4.69, 9.17) is 11.5 Å². The van der Waals surface area contributed by atoms with Crippen molar-refractivity contribution in [3.8, 4) is 16.9 Å². The lowest BCUT2D eigenvalue weighted by atomic mass is 9.98. The number of halogens is 5. The number of rotatable bonds is 13. The first-order valence-electron chi connectivity index (χ1n) is 14.0. The Morgan fingerprint density at radius 3 is 2.55 bits per heavy atom. The first kappa shape index (κ1) is 32.8. The molecule has 2 atom stereocenters. The number of hydrogen-bond donors (Lipinski definition) is 5. The first-order valence-corrected chi connectivity index (χ1v) is 14.0. The van der Waals surface area contributed by atoms with Crippen LogP contribution in [-0.4, -0.2) is 51.0 Å². The molecular weight excluding hydrogens is 585 g/mol. The molecule has 0 bridgehead atoms. The van der Waals surface area contributed by atoms with Gasteiger partial charge in [0.05, 0.1) is 22.8 Å². The quantitative estimate of drug-likeness (QED) is 0.0652. The number of aryl methyl sites for hydroxylation is 1. The van der Waals surface area contributed by atoms with Gasteiger partial charge in [-0.1, -0.05) is 12.1 Å². The van der Waals surface area contributed by atoms with E-state index >= 15 is 4.39 Å². The van der Waals surface area contributed by atoms with Crippen LogP contribution in [0.2, 0.25) is 0 Å². The summed E-state index contributed by atoms with van der Waals surface area (Å²) in [6.45, 7) is 1.66. The van der Waals surface area contributed by atoms with Crippen LogP contribution >= 0.6 is 0 Å². The van der Waals surface area contributed by atoms with E-state index in [2.05, 4.69) is 20.3 Å². The van der Waals surface area contributed by atoms with Crippen molar-refractivity contribution in [3.63, 3.8) is 0 Å². The van der Waals surface area contributed by atoms with Gasteiger partial charge in [-0.3, -0.25) is 14.9 Å². The van der Waals surface area contributed by atoms with Crippen molar-refractivity contribution >= 4 is 16.9 Å². The van der Waals surface area contributed by atoms with Crippen molar-refractivity contribution in [1.82, 2.24) is 19.9 Å². The highest BCUT2D eigenvalue weighted by molar-refractivity contribution is 5.83. The largest absolute Gasteiger partial charge is 0.419 e. The number of aliphatic hydroxyl groups excluding tert-OH is 1. The van der Waals surface area contributed by atoms with E-state index in [1.54, 1.807) is 31.2 Å². The third-order valence-electron chi connectivity index (χ3n) is 6.99. The van der Waals surface area contributed by atoms with Crippen molar-refractivity contribution in [2.24, 2.45) is 16.5 Å². The lowest BCUT2D eigenvalue weighted by Gasteiger charge is -2.14. The van der Waals surface area contributed by atoms with Gasteiger partial charge in [0.25, 0.3) is 0 Å². The van der Waals surface area contributed by atoms with Crippen molar-refractivity contribution in [2.45, 2.75) is 57.6 Å². The highest BCUT2D eigenvalue weighted by atomic mass is 19.4. The molecule has 2 aromatic heterocycles. The third-order valence-corrected chi connectivity index (χ3v) is 6.99. The van der Waals surface area contributed by atoms with Crippen LogP contribution in [0.5, 0.6) is 0 Å². The zero-order valence-corrected chi connectivity index (χ0v) is 24.0. The van der Waals surface area contributed by atoms with E-state index in [-0.39, 0.29) is 35.3 Å². The zero-order valence-electron chi connectivity index (χ0n) is 24.0. The van der Waals surface area contributed by atoms with Crippen molar-refractivity contribution in [2.75, 3.05) is 13.2 Å². The maximum absolute atomic E-state index is 15.2. The molecule has 7 N–H and O–H groups in total. The Morgan fingerprint density at radius 2 is 1.89 bits per heavy atom. The third kappa shape index (κ3) is 8.27. The van der Waals surface area contributed by atoms with E-state index in [0.717, 1.165) is 11.6 Å². The predicted octanol–water partition coefficient (Wildman–Crippen LogP) is 4.33. The number of aromatic nitrogens is 3. The van der Waals surface area contributed by atoms with Gasteiger partial charge in [-0.25, -0.2) is 13.6 Å². The minimum absolute atomic E-state index is 0.0160. The van der Waals surface area contributed by atoms with Crippen LogP contribution < -0.4 is 22.5 Å². The molecule has 0 aliphatic carbocycles. The Balaban J connectivity index is 1.58. The molecule has 14 heteroatoms. The van der Waals surface area contributed by atoms with Crippen LogP contribution in [0.4, 0.5) is 22.0 Å². The van der Waals surface area contributed by atoms with Crippen LogP contribution in [0.3, 0.4) is 0 Å². The number of aliphatic hydroxyl groups is 1. The van der Waals surface area contributed by atoms with Crippen LogP contribution in [0.1, 0.15) is 42.9 Å². The summed E-state index contributed by atoms with van der Waals surface area (Å²) in [7, 11) is 0. The summed E-state index contributed by atoms with van der Waals surface area (Å²) in [5, 5.41) is 13.4. The van der Waals surface area contributed by atoms with Gasteiger partial charge in [-0.15, -0.1) is 0 Å². The van der Waals surface area contributed by atoms with Gasteiger partial charge in [0.2, 0.25) is 0 Å². The Morgan fingerprint density at radius 1 is 1.16 bits per heavy atom. The van der Waals surface area contributed by atoms with Gasteiger partial charge in [0.15, 0.2) is 0 Å². The van der Waals surface area contributed by atoms with Crippen LogP contribution in [0.25, 0.3) is 28.0 Å².